The zero-order valence-corrected chi connectivity index (χ0v) is 20.3. The molecular weight excluding hydrogens is 418 g/mol. The molecule has 8 nitrogen and oxygen atoms in total. The number of carbonyl (C=O) groups is 1. The van der Waals surface area contributed by atoms with E-state index in [9.17, 15) is 9.90 Å². The molecule has 2 N–H and O–H groups in total. The molecule has 2 unspecified atom stereocenters. The van der Waals surface area contributed by atoms with Gasteiger partial charge in [-0.05, 0) is 38.4 Å². The van der Waals surface area contributed by atoms with E-state index >= 15 is 0 Å². The van der Waals surface area contributed by atoms with Crippen molar-refractivity contribution in [1.29, 1.82) is 0 Å². The third kappa shape index (κ3) is 7.05. The van der Waals surface area contributed by atoms with Crippen LogP contribution in [-0.4, -0.2) is 77.4 Å². The van der Waals surface area contributed by atoms with Crippen LogP contribution in [0.3, 0.4) is 0 Å². The number of hydrogen-bond donors (Lipinski definition) is 2. The molecule has 1 fully saturated rings. The van der Waals surface area contributed by atoms with Gasteiger partial charge in [0, 0.05) is 23.6 Å². The molecule has 4 radical (unpaired) electrons. The monoisotopic (exact) mass is 451 g/mol. The Labute approximate surface area is 184 Å². The molecule has 1 aliphatic heterocycles. The Morgan fingerprint density at radius 3 is 2.80 bits per heavy atom. The number of aryl methyl sites for hydroxylation is 1. The summed E-state index contributed by atoms with van der Waals surface area (Å²) < 4.78 is 16.8. The second kappa shape index (κ2) is 11.8. The molecule has 0 saturated carbocycles. The van der Waals surface area contributed by atoms with Crippen LogP contribution in [0.15, 0.2) is 18.7 Å². The van der Waals surface area contributed by atoms with Gasteiger partial charge in [0.2, 0.25) is 19.5 Å². The maximum Gasteiger partial charge on any atom is 0.410 e. The zero-order valence-electron chi connectivity index (χ0n) is 18.3. The van der Waals surface area contributed by atoms with Crippen LogP contribution in [0.25, 0.3) is 0 Å². The molecule has 0 bridgehead atoms. The van der Waals surface area contributed by atoms with E-state index in [1.165, 1.54) is 6.08 Å². The molecule has 1 amide bonds. The van der Waals surface area contributed by atoms with Crippen LogP contribution in [0.4, 0.5) is 4.79 Å². The predicted octanol–water partition coefficient (Wildman–Crippen LogP) is 2.36. The highest BCUT2D eigenvalue weighted by Crippen LogP contribution is 2.30. The number of aromatic nitrogens is 2. The second-order valence-corrected chi connectivity index (χ2v) is 9.40. The van der Waals surface area contributed by atoms with E-state index in [-0.39, 0.29) is 30.9 Å². The Hall–Kier alpha value is -1.47. The van der Waals surface area contributed by atoms with Crippen LogP contribution in [-0.2, 0) is 26.4 Å². The Balaban J connectivity index is 1.94. The second-order valence-electron chi connectivity index (χ2n) is 8.11. The van der Waals surface area contributed by atoms with E-state index in [2.05, 4.69) is 30.6 Å². The van der Waals surface area contributed by atoms with Crippen molar-refractivity contribution in [1.82, 2.24) is 15.1 Å². The summed E-state index contributed by atoms with van der Waals surface area (Å²) >= 11 is 0. The summed E-state index contributed by atoms with van der Waals surface area (Å²) in [5.74, 6) is 0. The van der Waals surface area contributed by atoms with Crippen LogP contribution in [0.1, 0.15) is 38.1 Å². The van der Waals surface area contributed by atoms with Crippen molar-refractivity contribution in [2.45, 2.75) is 71.1 Å². The molecule has 1 saturated heterocycles. The minimum absolute atomic E-state index is 0.121. The number of β-amino-alcohol motifs (C(OH)–C–C–N with tert-alkyl or cyclic N) is 1. The molecule has 10 heteroatoms. The third-order valence-corrected chi connectivity index (χ3v) is 6.10. The smallest absolute Gasteiger partial charge is 0.410 e. The molecule has 2 heterocycles. The van der Waals surface area contributed by atoms with Gasteiger partial charge in [-0.1, -0.05) is 26.5 Å². The number of ether oxygens (including phenoxy) is 1. The maximum absolute atomic E-state index is 12.2. The highest BCUT2D eigenvalue weighted by molar-refractivity contribution is 6.26. The number of nitrogens with zero attached hydrogens (tertiary/aromatic N) is 2. The summed E-state index contributed by atoms with van der Waals surface area (Å²) in [6.07, 6.45) is 3.14. The molecule has 0 spiro atoms. The number of amides is 1. The maximum atomic E-state index is 12.2. The molecule has 1 aliphatic rings. The molecule has 0 aliphatic carbocycles. The number of aromatic amines is 1. The number of nitrogens with one attached hydrogen (secondary N) is 1. The Kier molecular flexibility index (Phi) is 9.75. The van der Waals surface area contributed by atoms with Crippen molar-refractivity contribution in [3.05, 3.63) is 30.1 Å². The number of hydrogen-bond acceptors (Lipinski definition) is 6. The number of carbonyl (C=O) groups excluding carboxylic acids is 1. The molecular formula is C20H33N3O5Si2. The summed E-state index contributed by atoms with van der Waals surface area (Å²) in [4.78, 5) is 13.8. The average Bonchev–Trinajstić information content (AvgIpc) is 3.30. The zero-order chi connectivity index (χ0) is 22.1. The fraction of sp³-hybridized carbons (Fsp3) is 0.700. The first-order chi connectivity index (χ1) is 14.3. The van der Waals surface area contributed by atoms with Gasteiger partial charge < -0.3 is 23.6 Å². The standard InChI is InChI=1S/C20H33N3O5Si2/c1-6-9-26-19(25)23-13-17(24)12-16(23)11-15-10-14(21-22-15)7-8-20(2,3)18(27-29-4)28-30-5/h6,10,16-18,24H,1,7-9,11-13H2,2-5H3,(H,21,22). The summed E-state index contributed by atoms with van der Waals surface area (Å²) in [7, 11) is 0.763. The fourth-order valence-corrected chi connectivity index (χ4v) is 4.80. The van der Waals surface area contributed by atoms with Crippen molar-refractivity contribution >= 4 is 25.6 Å². The summed E-state index contributed by atoms with van der Waals surface area (Å²) in [6.45, 7) is 12.3. The normalized spacial score (nSPS) is 19.5. The first-order valence-electron chi connectivity index (χ1n) is 10.2. The van der Waals surface area contributed by atoms with Crippen LogP contribution in [0, 0.1) is 5.41 Å². The number of rotatable bonds is 12. The molecule has 2 atom stereocenters. The minimum Gasteiger partial charge on any atom is -0.445 e. The van der Waals surface area contributed by atoms with Crippen molar-refractivity contribution in [3.8, 4) is 0 Å². The molecule has 1 aromatic heterocycles. The van der Waals surface area contributed by atoms with Gasteiger partial charge in [0.05, 0.1) is 18.3 Å². The SMILES string of the molecule is C=CCOC(=O)N1CC(O)CC1Cc1cc(CCC(C)(C)C(O[Si]C)O[Si]C)n[nH]1. The lowest BCUT2D eigenvalue weighted by atomic mass is 9.86. The van der Waals surface area contributed by atoms with Crippen molar-refractivity contribution in [3.63, 3.8) is 0 Å². The topological polar surface area (TPSA) is 96.9 Å². The summed E-state index contributed by atoms with van der Waals surface area (Å²) in [6, 6.07) is 1.91. The first kappa shape index (κ1) is 24.8. The lowest BCUT2D eigenvalue weighted by Crippen LogP contribution is -2.37. The quantitative estimate of drug-likeness (QED) is 0.288. The molecule has 1 aromatic rings. The van der Waals surface area contributed by atoms with Gasteiger partial charge in [0.1, 0.15) is 12.9 Å². The van der Waals surface area contributed by atoms with Gasteiger partial charge in [0.15, 0.2) is 0 Å². The minimum atomic E-state index is -0.537. The largest absolute Gasteiger partial charge is 0.445 e. The Morgan fingerprint density at radius 2 is 2.17 bits per heavy atom. The third-order valence-electron chi connectivity index (χ3n) is 5.20. The number of aliphatic hydroxyl groups excluding tert-OH is 1. The fourth-order valence-electron chi connectivity index (χ4n) is 3.54. The van der Waals surface area contributed by atoms with Crippen molar-refractivity contribution in [2.75, 3.05) is 13.2 Å². The van der Waals surface area contributed by atoms with Crippen molar-refractivity contribution < 1.29 is 23.5 Å². The van der Waals surface area contributed by atoms with Gasteiger partial charge in [-0.2, -0.15) is 5.10 Å². The average molecular weight is 452 g/mol. The number of aliphatic hydroxyl groups is 1. The molecule has 30 heavy (non-hydrogen) atoms. The van der Waals surface area contributed by atoms with Crippen LogP contribution in [0.5, 0.6) is 0 Å². The molecule has 166 valence electrons. The van der Waals surface area contributed by atoms with Gasteiger partial charge >= 0.3 is 6.09 Å². The van der Waals surface area contributed by atoms with E-state index in [1.807, 2.05) is 19.2 Å². The predicted molar refractivity (Wildman–Crippen MR) is 116 cm³/mol. The van der Waals surface area contributed by atoms with E-state index in [4.69, 9.17) is 13.6 Å². The van der Waals surface area contributed by atoms with Gasteiger partial charge in [-0.15, -0.1) is 0 Å². The molecule has 2 rings (SSSR count). The summed E-state index contributed by atoms with van der Waals surface area (Å²) in [5.41, 5.74) is 1.78. The van der Waals surface area contributed by atoms with Gasteiger partial charge in [-0.3, -0.25) is 5.10 Å². The Morgan fingerprint density at radius 1 is 1.47 bits per heavy atom. The highest BCUT2D eigenvalue weighted by Gasteiger charge is 2.36. The van der Waals surface area contributed by atoms with E-state index in [0.29, 0.717) is 32.4 Å². The number of H-pyrrole nitrogens is 1. The van der Waals surface area contributed by atoms with E-state index in [1.54, 1.807) is 4.90 Å². The van der Waals surface area contributed by atoms with Gasteiger partial charge in [-0.25, -0.2) is 4.79 Å². The highest BCUT2D eigenvalue weighted by atomic mass is 28.2. The number of likely N-dealkylation sites (tertiary alicyclic amines) is 1. The van der Waals surface area contributed by atoms with Crippen LogP contribution in [0.2, 0.25) is 13.1 Å². The first-order valence-corrected chi connectivity index (χ1v) is 13.0. The Bertz CT molecular complexity index is 679. The molecule has 0 aromatic carbocycles. The lowest BCUT2D eigenvalue weighted by molar-refractivity contribution is -0.0818. The van der Waals surface area contributed by atoms with Crippen molar-refractivity contribution in [2.24, 2.45) is 5.41 Å². The van der Waals surface area contributed by atoms with Crippen LogP contribution < -0.4 is 0 Å². The summed E-state index contributed by atoms with van der Waals surface area (Å²) in [5, 5.41) is 17.5. The van der Waals surface area contributed by atoms with Crippen LogP contribution >= 0.6 is 0 Å². The van der Waals surface area contributed by atoms with E-state index in [0.717, 1.165) is 24.2 Å². The van der Waals surface area contributed by atoms with E-state index < -0.39 is 12.2 Å². The van der Waals surface area contributed by atoms with Gasteiger partial charge in [0.25, 0.3) is 0 Å². The lowest BCUT2D eigenvalue weighted by Gasteiger charge is -2.33.